The molecular formula is C43H58F2N4O9S. The number of fused-ring (bicyclic) bond motifs is 5. The fourth-order valence-corrected chi connectivity index (χ4v) is 10.7. The van der Waals surface area contributed by atoms with Crippen LogP contribution in [-0.2, 0) is 40.4 Å². The molecular weight excluding hydrogens is 787 g/mol. The van der Waals surface area contributed by atoms with Gasteiger partial charge in [0.25, 0.3) is 0 Å². The topological polar surface area (TPSA) is 171 Å². The molecule has 2 aromatic rings. The summed E-state index contributed by atoms with van der Waals surface area (Å²) in [6.07, 6.45) is 0.525. The monoisotopic (exact) mass is 844 g/mol. The van der Waals surface area contributed by atoms with Crippen LogP contribution in [0.4, 0.5) is 8.78 Å². The maximum Gasteiger partial charge on any atom is 0.307 e. The van der Waals surface area contributed by atoms with Crippen molar-refractivity contribution < 1.29 is 50.6 Å². The summed E-state index contributed by atoms with van der Waals surface area (Å²) in [6.45, 7) is 10.6. The van der Waals surface area contributed by atoms with Crippen LogP contribution in [0.15, 0.2) is 18.2 Å². The third-order valence-corrected chi connectivity index (χ3v) is 16.1. The highest BCUT2D eigenvalue weighted by Gasteiger charge is 2.67. The number of aromatic nitrogens is 2. The van der Waals surface area contributed by atoms with Gasteiger partial charge in [-0.25, -0.2) is 27.2 Å². The lowest BCUT2D eigenvalue weighted by molar-refractivity contribution is -0.158. The first-order valence-corrected chi connectivity index (χ1v) is 22.5. The van der Waals surface area contributed by atoms with E-state index < -0.39 is 97.5 Å². The number of Topliss-reactive ketones (excluding diaryl/α,β-unsaturated/α-hetero) is 1. The fraction of sp³-hybridized carbons (Fsp3) is 0.721. The maximum absolute atomic E-state index is 15.0. The maximum atomic E-state index is 15.0. The molecule has 2 aliphatic heterocycles. The summed E-state index contributed by atoms with van der Waals surface area (Å²) in [7, 11) is -2.65. The van der Waals surface area contributed by atoms with Gasteiger partial charge in [-0.15, -0.1) is 0 Å². The van der Waals surface area contributed by atoms with Crippen LogP contribution in [0.2, 0.25) is 0 Å². The molecule has 2 amide bonds. The standard InChI is InChI=1S/C43H58F2N4O9S/c1-8-26-33-23-49(35(26)32(50)22-43(21-28(43)36(44)45)39(53)48-59(54,55)41(5)16-17-41)38(52)27(40(2,3)4)19-34(51)58-42(6)20-24(42)12-10-9-11-13-30-37(57-33)47-31-18-25(56-7)14-15-29(31)46-30/h14-15,18,24,26-28,33,35-36H,8-13,16-17,19-23H2,1-7H3,(H,48,53)/t24-,26-,27-,28+,33+,35+,42-,43-/m1/s1. The van der Waals surface area contributed by atoms with E-state index in [1.54, 1.807) is 19.2 Å². The molecule has 1 aromatic heterocycles. The van der Waals surface area contributed by atoms with E-state index in [1.807, 2.05) is 45.4 Å². The Morgan fingerprint density at radius 3 is 2.42 bits per heavy atom. The van der Waals surface area contributed by atoms with Crippen LogP contribution in [0.5, 0.6) is 11.6 Å². The minimum Gasteiger partial charge on any atom is -0.497 e. The van der Waals surface area contributed by atoms with Gasteiger partial charge in [0.15, 0.2) is 5.78 Å². The van der Waals surface area contributed by atoms with Crippen LogP contribution in [0.3, 0.4) is 0 Å². The summed E-state index contributed by atoms with van der Waals surface area (Å²) in [6, 6.07) is 4.12. The third-order valence-electron chi connectivity index (χ3n) is 13.9. The van der Waals surface area contributed by atoms with Crippen molar-refractivity contribution in [3.8, 4) is 11.6 Å². The van der Waals surface area contributed by atoms with Gasteiger partial charge in [0.1, 0.15) is 23.1 Å². The predicted octanol–water partition coefficient (Wildman–Crippen LogP) is 6.34. The molecule has 16 heteroatoms. The number of ketones is 1. The van der Waals surface area contributed by atoms with E-state index in [-0.39, 0.29) is 31.2 Å². The Labute approximate surface area is 345 Å². The Bertz CT molecular complexity index is 2120. The van der Waals surface area contributed by atoms with Gasteiger partial charge in [-0.05, 0) is 82.8 Å². The zero-order valence-corrected chi connectivity index (χ0v) is 36.0. The predicted molar refractivity (Wildman–Crippen MR) is 213 cm³/mol. The molecule has 4 fully saturated rings. The molecule has 7 rings (SSSR count). The molecule has 5 aliphatic rings. The van der Waals surface area contributed by atoms with Crippen molar-refractivity contribution in [3.63, 3.8) is 0 Å². The van der Waals surface area contributed by atoms with Crippen molar-refractivity contribution in [1.82, 2.24) is 19.6 Å². The molecule has 0 unspecified atom stereocenters. The Morgan fingerprint density at radius 2 is 1.80 bits per heavy atom. The molecule has 59 heavy (non-hydrogen) atoms. The molecule has 324 valence electrons. The number of sulfonamides is 1. The van der Waals surface area contributed by atoms with Crippen LogP contribution in [0, 0.1) is 34.5 Å². The molecule has 0 radical (unpaired) electrons. The van der Waals surface area contributed by atoms with Crippen LogP contribution < -0.4 is 14.2 Å². The van der Waals surface area contributed by atoms with Gasteiger partial charge in [-0.3, -0.25) is 23.9 Å². The number of nitrogens with one attached hydrogen (secondary N) is 1. The summed E-state index contributed by atoms with van der Waals surface area (Å²) in [5, 5.41) is 0. The van der Waals surface area contributed by atoms with Gasteiger partial charge in [0.05, 0.1) is 53.2 Å². The molecule has 0 spiro atoms. The van der Waals surface area contributed by atoms with E-state index in [0.717, 1.165) is 32.1 Å². The van der Waals surface area contributed by atoms with Gasteiger partial charge in [-0.1, -0.05) is 40.5 Å². The summed E-state index contributed by atoms with van der Waals surface area (Å²) < 4.78 is 74.2. The molecule has 1 N–H and O–H groups in total. The van der Waals surface area contributed by atoms with E-state index in [1.165, 1.54) is 11.8 Å². The molecule has 1 saturated heterocycles. The molecule has 8 atom stereocenters. The molecule has 3 saturated carbocycles. The molecule has 3 heterocycles. The number of amides is 2. The minimum atomic E-state index is -4.20. The summed E-state index contributed by atoms with van der Waals surface area (Å²) in [5.41, 5.74) is -1.62. The zero-order valence-electron chi connectivity index (χ0n) is 35.1. The van der Waals surface area contributed by atoms with E-state index in [9.17, 15) is 31.6 Å². The molecule has 2 bridgehead atoms. The number of halogens is 2. The third kappa shape index (κ3) is 8.40. The Morgan fingerprint density at radius 1 is 1.07 bits per heavy atom. The van der Waals surface area contributed by atoms with Crippen molar-refractivity contribution >= 4 is 44.6 Å². The number of ether oxygens (including phenoxy) is 3. The van der Waals surface area contributed by atoms with Crippen LogP contribution in [0.1, 0.15) is 118 Å². The Balaban J connectivity index is 1.28. The fourth-order valence-electron chi connectivity index (χ4n) is 9.38. The first kappa shape index (κ1) is 43.1. The van der Waals surface area contributed by atoms with E-state index in [4.69, 9.17) is 24.2 Å². The average molecular weight is 845 g/mol. The number of carbonyl (C=O) groups excluding carboxylic acids is 4. The number of hydrogen-bond acceptors (Lipinski definition) is 11. The first-order chi connectivity index (χ1) is 27.6. The number of nitrogens with zero attached hydrogens (tertiary/aromatic N) is 3. The van der Waals surface area contributed by atoms with E-state index in [0.29, 0.717) is 48.2 Å². The van der Waals surface area contributed by atoms with Crippen molar-refractivity contribution in [2.24, 2.45) is 34.5 Å². The summed E-state index contributed by atoms with van der Waals surface area (Å²) in [4.78, 5) is 68.5. The molecule has 13 nitrogen and oxygen atoms in total. The van der Waals surface area contributed by atoms with E-state index in [2.05, 4.69) is 0 Å². The van der Waals surface area contributed by atoms with Gasteiger partial charge in [-0.2, -0.15) is 0 Å². The average Bonchev–Trinajstić information content (AvgIpc) is 4.12. The Kier molecular flexibility index (Phi) is 11.3. The first-order valence-electron chi connectivity index (χ1n) is 21.1. The summed E-state index contributed by atoms with van der Waals surface area (Å²) in [5.74, 6) is -4.99. The zero-order chi connectivity index (χ0) is 42.9. The number of aryl methyl sites for hydroxylation is 1. The normalized spacial score (nSPS) is 32.2. The largest absolute Gasteiger partial charge is 0.497 e. The SMILES string of the molecule is CC[C@@H]1[C@@H]2CN(C(=O)[C@H](C(C)(C)C)CC(=O)O[C@]3(C)C[C@H]3CCCCCc3nc4ccc(OC)cc4nc3O2)[C@@H]1C(=O)C[C@]1(C(=O)NS(=O)(=O)C2(C)CC2)C[C@H]1C(F)F. The number of alkyl halides is 2. The quantitative estimate of drug-likeness (QED) is 0.279. The molecule has 1 aromatic carbocycles. The van der Waals surface area contributed by atoms with Gasteiger partial charge in [0, 0.05) is 30.2 Å². The number of carbonyl (C=O) groups is 4. The highest BCUT2D eigenvalue weighted by Crippen LogP contribution is 2.59. The van der Waals surface area contributed by atoms with Crippen LogP contribution in [-0.4, -0.2) is 89.4 Å². The van der Waals surface area contributed by atoms with Crippen LogP contribution in [0.25, 0.3) is 11.0 Å². The van der Waals surface area contributed by atoms with Gasteiger partial charge in [0.2, 0.25) is 34.1 Å². The lowest BCUT2D eigenvalue weighted by Crippen LogP contribution is -2.50. The highest BCUT2D eigenvalue weighted by molar-refractivity contribution is 7.91. The van der Waals surface area contributed by atoms with Crippen LogP contribution >= 0.6 is 0 Å². The second-order valence-electron chi connectivity index (χ2n) is 19.2. The second kappa shape index (κ2) is 15.5. The second-order valence-corrected chi connectivity index (χ2v) is 21.4. The summed E-state index contributed by atoms with van der Waals surface area (Å²) >= 11 is 0. The lowest BCUT2D eigenvalue weighted by Gasteiger charge is -2.35. The number of methoxy groups -OCH3 is 1. The Hall–Kier alpha value is -3.95. The number of hydrogen-bond donors (Lipinski definition) is 1. The molecule has 3 aliphatic carbocycles. The number of benzene rings is 1. The van der Waals surface area contributed by atoms with E-state index >= 15 is 4.79 Å². The van der Waals surface area contributed by atoms with Gasteiger partial charge >= 0.3 is 5.97 Å². The van der Waals surface area contributed by atoms with Crippen molar-refractivity contribution in [3.05, 3.63) is 23.9 Å². The van der Waals surface area contributed by atoms with Crippen molar-refractivity contribution in [2.45, 2.75) is 148 Å². The lowest BCUT2D eigenvalue weighted by atomic mass is 9.77. The minimum absolute atomic E-state index is 0.101. The van der Waals surface area contributed by atoms with Crippen molar-refractivity contribution in [1.29, 1.82) is 0 Å². The smallest absolute Gasteiger partial charge is 0.307 e. The number of esters is 1. The van der Waals surface area contributed by atoms with Gasteiger partial charge < -0.3 is 19.1 Å². The number of rotatable bonds is 9. The van der Waals surface area contributed by atoms with Crippen molar-refractivity contribution in [2.75, 3.05) is 13.7 Å². The highest BCUT2D eigenvalue weighted by atomic mass is 32.2.